The molecule has 0 radical (unpaired) electrons. The molecule has 2 unspecified atom stereocenters. The largest absolute Gasteiger partial charge is 0.497 e. The minimum Gasteiger partial charge on any atom is -0.497 e. The highest BCUT2D eigenvalue weighted by Gasteiger charge is 2.24. The van der Waals surface area contributed by atoms with E-state index >= 15 is 0 Å². The Labute approximate surface area is 175 Å². The number of hydrogen-bond donors (Lipinski definition) is 1. The van der Waals surface area contributed by atoms with Crippen LogP contribution in [0.2, 0.25) is 0 Å². The van der Waals surface area contributed by atoms with Gasteiger partial charge in [0.1, 0.15) is 11.6 Å². The lowest BCUT2D eigenvalue weighted by atomic mass is 10.2. The molecule has 1 N–H and O–H groups in total. The smallest absolute Gasteiger partial charge is 0.225 e. The molecule has 0 aliphatic carbocycles. The Kier molecular flexibility index (Phi) is 7.39. The van der Waals surface area contributed by atoms with E-state index in [1.807, 2.05) is 43.0 Å². The SMILES string of the molecule is COc1ccc(SCCC(=O)Nc2ccc(N3CC(C)OC(C)C3)c(F)c2)cc1. The molecule has 1 aliphatic heterocycles. The van der Waals surface area contributed by atoms with E-state index in [2.05, 4.69) is 5.32 Å². The number of morpholine rings is 1. The van der Waals surface area contributed by atoms with Crippen LogP contribution < -0.4 is 15.0 Å². The summed E-state index contributed by atoms with van der Waals surface area (Å²) in [6, 6.07) is 12.6. The van der Waals surface area contributed by atoms with Gasteiger partial charge in [-0.15, -0.1) is 11.8 Å². The zero-order valence-electron chi connectivity index (χ0n) is 17.0. The van der Waals surface area contributed by atoms with Crippen LogP contribution in [0.25, 0.3) is 0 Å². The van der Waals surface area contributed by atoms with Gasteiger partial charge in [0.2, 0.25) is 5.91 Å². The standard InChI is InChI=1S/C22H27FN2O3S/c1-15-13-25(14-16(2)28-15)21-9-4-17(12-20(21)23)24-22(26)10-11-29-19-7-5-18(27-3)6-8-19/h4-9,12,15-16H,10-11,13-14H2,1-3H3,(H,24,26). The molecule has 5 nitrogen and oxygen atoms in total. The van der Waals surface area contributed by atoms with Crippen molar-refractivity contribution in [2.24, 2.45) is 0 Å². The maximum absolute atomic E-state index is 14.6. The minimum atomic E-state index is -0.336. The molecule has 1 aliphatic rings. The molecule has 1 heterocycles. The lowest BCUT2D eigenvalue weighted by molar-refractivity contribution is -0.115. The monoisotopic (exact) mass is 418 g/mol. The highest BCUT2D eigenvalue weighted by atomic mass is 32.2. The van der Waals surface area contributed by atoms with E-state index < -0.39 is 0 Å². The van der Waals surface area contributed by atoms with Crippen LogP contribution in [-0.4, -0.2) is 44.1 Å². The number of nitrogens with zero attached hydrogens (tertiary/aromatic N) is 1. The van der Waals surface area contributed by atoms with Crippen LogP contribution in [0.3, 0.4) is 0 Å². The predicted octanol–water partition coefficient (Wildman–Crippen LogP) is 4.57. The number of hydrogen-bond acceptors (Lipinski definition) is 5. The van der Waals surface area contributed by atoms with E-state index in [1.165, 1.54) is 6.07 Å². The van der Waals surface area contributed by atoms with Crippen molar-refractivity contribution in [3.8, 4) is 5.75 Å². The van der Waals surface area contributed by atoms with Gasteiger partial charge in [-0.2, -0.15) is 0 Å². The summed E-state index contributed by atoms with van der Waals surface area (Å²) in [4.78, 5) is 15.3. The molecule has 2 atom stereocenters. The van der Waals surface area contributed by atoms with Gasteiger partial charge in [0.05, 0.1) is 25.0 Å². The maximum Gasteiger partial charge on any atom is 0.225 e. The predicted molar refractivity (Wildman–Crippen MR) is 116 cm³/mol. The van der Waals surface area contributed by atoms with Gasteiger partial charge in [0.25, 0.3) is 0 Å². The summed E-state index contributed by atoms with van der Waals surface area (Å²) in [5.74, 6) is 0.976. The first-order valence-corrected chi connectivity index (χ1v) is 10.7. The van der Waals surface area contributed by atoms with Crippen LogP contribution in [0, 0.1) is 5.82 Å². The second-order valence-corrected chi connectivity index (χ2v) is 8.32. The molecule has 7 heteroatoms. The number of thioether (sulfide) groups is 1. The molecule has 2 aromatic carbocycles. The molecular formula is C22H27FN2O3S. The summed E-state index contributed by atoms with van der Waals surface area (Å²) < 4.78 is 25.5. The normalized spacial score (nSPS) is 19.1. The van der Waals surface area contributed by atoms with E-state index in [9.17, 15) is 9.18 Å². The average molecular weight is 419 g/mol. The molecule has 29 heavy (non-hydrogen) atoms. The number of nitrogens with one attached hydrogen (secondary N) is 1. The third-order valence-electron chi connectivity index (χ3n) is 4.65. The molecule has 156 valence electrons. The summed E-state index contributed by atoms with van der Waals surface area (Å²) in [7, 11) is 1.63. The van der Waals surface area contributed by atoms with E-state index in [-0.39, 0.29) is 23.9 Å². The van der Waals surface area contributed by atoms with Gasteiger partial charge in [0, 0.05) is 35.8 Å². The number of ether oxygens (including phenoxy) is 2. The number of halogens is 1. The fourth-order valence-corrected chi connectivity index (χ4v) is 4.22. The number of benzene rings is 2. The van der Waals surface area contributed by atoms with Gasteiger partial charge in [-0.25, -0.2) is 4.39 Å². The van der Waals surface area contributed by atoms with Crippen LogP contribution in [0.15, 0.2) is 47.4 Å². The first-order chi connectivity index (χ1) is 13.9. The Morgan fingerprint density at radius 1 is 1.21 bits per heavy atom. The molecule has 3 rings (SSSR count). The van der Waals surface area contributed by atoms with E-state index in [0.29, 0.717) is 36.6 Å². The van der Waals surface area contributed by atoms with Gasteiger partial charge in [-0.05, 0) is 56.3 Å². The zero-order valence-corrected chi connectivity index (χ0v) is 17.8. The van der Waals surface area contributed by atoms with Crippen LogP contribution in [0.5, 0.6) is 5.75 Å². The quantitative estimate of drug-likeness (QED) is 0.668. The second kappa shape index (κ2) is 9.98. The Bertz CT molecular complexity index is 821. The Morgan fingerprint density at radius 3 is 2.52 bits per heavy atom. The van der Waals surface area contributed by atoms with Gasteiger partial charge in [0.15, 0.2) is 0 Å². The number of anilines is 2. The molecule has 1 amide bonds. The molecular weight excluding hydrogens is 391 g/mol. The van der Waals surface area contributed by atoms with Crippen LogP contribution in [0.1, 0.15) is 20.3 Å². The number of methoxy groups -OCH3 is 1. The number of carbonyl (C=O) groups is 1. The molecule has 1 fully saturated rings. The number of carbonyl (C=O) groups excluding carboxylic acids is 1. The third-order valence-corrected chi connectivity index (χ3v) is 5.66. The van der Waals surface area contributed by atoms with Crippen molar-refractivity contribution in [3.05, 3.63) is 48.3 Å². The molecule has 1 saturated heterocycles. The molecule has 0 spiro atoms. The lowest BCUT2D eigenvalue weighted by Crippen LogP contribution is -2.45. The van der Waals surface area contributed by atoms with Gasteiger partial charge in [-0.3, -0.25) is 4.79 Å². The van der Waals surface area contributed by atoms with Crippen molar-refractivity contribution in [2.45, 2.75) is 37.4 Å². The summed E-state index contributed by atoms with van der Waals surface area (Å²) in [5.41, 5.74) is 1.01. The second-order valence-electron chi connectivity index (χ2n) is 7.15. The first kappa shape index (κ1) is 21.5. The summed E-state index contributed by atoms with van der Waals surface area (Å²) in [6.45, 7) is 5.27. The highest BCUT2D eigenvalue weighted by molar-refractivity contribution is 7.99. The van der Waals surface area contributed by atoms with Gasteiger partial charge >= 0.3 is 0 Å². The molecule has 0 bridgehead atoms. The van der Waals surface area contributed by atoms with E-state index in [4.69, 9.17) is 9.47 Å². The van der Waals surface area contributed by atoms with Crippen LogP contribution in [-0.2, 0) is 9.53 Å². The fraction of sp³-hybridized carbons (Fsp3) is 0.409. The fourth-order valence-electron chi connectivity index (χ4n) is 3.37. The van der Waals surface area contributed by atoms with Crippen LogP contribution in [0.4, 0.5) is 15.8 Å². The average Bonchev–Trinajstić information content (AvgIpc) is 2.68. The van der Waals surface area contributed by atoms with Crippen molar-refractivity contribution in [3.63, 3.8) is 0 Å². The lowest BCUT2D eigenvalue weighted by Gasteiger charge is -2.37. The Morgan fingerprint density at radius 2 is 1.90 bits per heavy atom. The van der Waals surface area contributed by atoms with Crippen molar-refractivity contribution in [1.29, 1.82) is 0 Å². The Balaban J connectivity index is 1.50. The molecule has 0 aromatic heterocycles. The maximum atomic E-state index is 14.6. The van der Waals surface area contributed by atoms with Gasteiger partial charge in [-0.1, -0.05) is 0 Å². The Hall–Kier alpha value is -2.25. The van der Waals surface area contributed by atoms with Crippen molar-refractivity contribution >= 4 is 29.0 Å². The topological polar surface area (TPSA) is 50.8 Å². The summed E-state index contributed by atoms with van der Waals surface area (Å²) in [5, 5.41) is 2.78. The van der Waals surface area contributed by atoms with Crippen molar-refractivity contribution in [2.75, 3.05) is 36.2 Å². The van der Waals surface area contributed by atoms with E-state index in [1.54, 1.807) is 31.0 Å². The van der Waals surface area contributed by atoms with E-state index in [0.717, 1.165) is 10.6 Å². The summed E-state index contributed by atoms with van der Waals surface area (Å²) in [6.07, 6.45) is 0.458. The zero-order chi connectivity index (χ0) is 20.8. The highest BCUT2D eigenvalue weighted by Crippen LogP contribution is 2.26. The van der Waals surface area contributed by atoms with Crippen molar-refractivity contribution in [1.82, 2.24) is 0 Å². The number of amides is 1. The molecule has 2 aromatic rings. The summed E-state index contributed by atoms with van der Waals surface area (Å²) >= 11 is 1.59. The first-order valence-electron chi connectivity index (χ1n) is 9.71. The van der Waals surface area contributed by atoms with Crippen molar-refractivity contribution < 1.29 is 18.7 Å². The third kappa shape index (κ3) is 6.11. The number of rotatable bonds is 7. The molecule has 0 saturated carbocycles. The van der Waals surface area contributed by atoms with Gasteiger partial charge < -0.3 is 19.7 Å². The minimum absolute atomic E-state index is 0.0562. The van der Waals surface area contributed by atoms with Crippen LogP contribution >= 0.6 is 11.8 Å².